The number of piperidine rings is 2. The summed E-state index contributed by atoms with van der Waals surface area (Å²) in [4.78, 5) is 21.9. The Kier molecular flexibility index (Phi) is 8.39. The number of benzene rings is 1. The van der Waals surface area contributed by atoms with Gasteiger partial charge in [0, 0.05) is 24.6 Å². The number of rotatable bonds is 9. The molecule has 0 saturated carbocycles. The van der Waals surface area contributed by atoms with Crippen molar-refractivity contribution < 1.29 is 18.8 Å². The first-order valence-electron chi connectivity index (χ1n) is 12.3. The van der Waals surface area contributed by atoms with Crippen molar-refractivity contribution in [1.29, 1.82) is 0 Å². The SMILES string of the molecule is COc1ccc(-c2noc(CN3CCC(C(=O)NCCN4CCC(C)CC4)CC3)n2)cc1OC. The van der Waals surface area contributed by atoms with Crippen LogP contribution in [0.15, 0.2) is 22.7 Å². The van der Waals surface area contributed by atoms with Crippen LogP contribution in [0.1, 0.15) is 38.5 Å². The third-order valence-corrected chi connectivity index (χ3v) is 7.03. The van der Waals surface area contributed by atoms with Crippen molar-refractivity contribution in [3.63, 3.8) is 0 Å². The van der Waals surface area contributed by atoms with Gasteiger partial charge in [-0.3, -0.25) is 9.69 Å². The van der Waals surface area contributed by atoms with E-state index in [1.165, 1.54) is 12.8 Å². The molecule has 2 aliphatic rings. The summed E-state index contributed by atoms with van der Waals surface area (Å²) in [5.74, 6) is 3.49. The highest BCUT2D eigenvalue weighted by Crippen LogP contribution is 2.31. The van der Waals surface area contributed by atoms with Gasteiger partial charge in [-0.1, -0.05) is 12.1 Å². The Morgan fingerprint density at radius 3 is 2.47 bits per heavy atom. The van der Waals surface area contributed by atoms with Crippen LogP contribution < -0.4 is 14.8 Å². The molecule has 2 fully saturated rings. The zero-order valence-corrected chi connectivity index (χ0v) is 20.6. The number of nitrogens with one attached hydrogen (secondary N) is 1. The van der Waals surface area contributed by atoms with Crippen LogP contribution in [0, 0.1) is 11.8 Å². The minimum Gasteiger partial charge on any atom is -0.493 e. The molecule has 2 aliphatic heterocycles. The molecule has 0 bridgehead atoms. The topological polar surface area (TPSA) is 93.0 Å². The molecule has 0 spiro atoms. The van der Waals surface area contributed by atoms with Crippen LogP contribution >= 0.6 is 0 Å². The zero-order valence-electron chi connectivity index (χ0n) is 20.6. The lowest BCUT2D eigenvalue weighted by Gasteiger charge is -2.31. The van der Waals surface area contributed by atoms with Crippen molar-refractivity contribution in [2.45, 2.75) is 39.2 Å². The summed E-state index contributed by atoms with van der Waals surface area (Å²) < 4.78 is 16.1. The number of hydrogen-bond acceptors (Lipinski definition) is 8. The molecule has 0 radical (unpaired) electrons. The van der Waals surface area contributed by atoms with Crippen molar-refractivity contribution in [3.05, 3.63) is 24.1 Å². The molecule has 0 aliphatic carbocycles. The fourth-order valence-electron chi connectivity index (χ4n) is 4.72. The van der Waals surface area contributed by atoms with Crippen LogP contribution in [0.3, 0.4) is 0 Å². The molecule has 0 atom stereocenters. The van der Waals surface area contributed by atoms with Gasteiger partial charge in [0.15, 0.2) is 11.5 Å². The number of carbonyl (C=O) groups is 1. The van der Waals surface area contributed by atoms with Crippen molar-refractivity contribution in [3.8, 4) is 22.9 Å². The Morgan fingerprint density at radius 1 is 1.06 bits per heavy atom. The van der Waals surface area contributed by atoms with E-state index in [9.17, 15) is 4.79 Å². The number of nitrogens with zero attached hydrogens (tertiary/aromatic N) is 4. The molecule has 2 aromatic rings. The van der Waals surface area contributed by atoms with Gasteiger partial charge in [0.05, 0.1) is 20.8 Å². The molecule has 1 aromatic heterocycles. The smallest absolute Gasteiger partial charge is 0.241 e. The first-order valence-corrected chi connectivity index (χ1v) is 12.3. The highest BCUT2D eigenvalue weighted by atomic mass is 16.5. The molecule has 2 saturated heterocycles. The highest BCUT2D eigenvalue weighted by Gasteiger charge is 2.26. The number of carbonyl (C=O) groups excluding carboxylic acids is 1. The van der Waals surface area contributed by atoms with Crippen LogP contribution in [0.25, 0.3) is 11.4 Å². The number of likely N-dealkylation sites (tertiary alicyclic amines) is 2. The average Bonchev–Trinajstić information content (AvgIpc) is 3.33. The maximum Gasteiger partial charge on any atom is 0.241 e. The van der Waals surface area contributed by atoms with E-state index in [1.54, 1.807) is 14.2 Å². The van der Waals surface area contributed by atoms with Crippen molar-refractivity contribution in [1.82, 2.24) is 25.3 Å². The van der Waals surface area contributed by atoms with Crippen LogP contribution in [-0.4, -0.2) is 79.3 Å². The zero-order chi connectivity index (χ0) is 23.9. The molecule has 1 amide bonds. The van der Waals surface area contributed by atoms with E-state index >= 15 is 0 Å². The lowest BCUT2D eigenvalue weighted by atomic mass is 9.96. The van der Waals surface area contributed by atoms with E-state index in [-0.39, 0.29) is 11.8 Å². The molecule has 3 heterocycles. The molecule has 186 valence electrons. The Hall–Kier alpha value is -2.65. The quantitative estimate of drug-likeness (QED) is 0.597. The minimum atomic E-state index is 0.0858. The summed E-state index contributed by atoms with van der Waals surface area (Å²) in [5.41, 5.74) is 0.807. The standard InChI is InChI=1S/C25H37N5O4/c1-18-6-11-29(12-7-18)15-10-26-25(31)19-8-13-30(14-9-19)17-23-27-24(28-34-23)20-4-5-21(32-2)22(16-20)33-3/h4-5,16,18-19H,6-15,17H2,1-3H3,(H,26,31). The molecule has 1 aromatic carbocycles. The van der Waals surface area contributed by atoms with E-state index in [1.807, 2.05) is 18.2 Å². The summed E-state index contributed by atoms with van der Waals surface area (Å²) in [6.07, 6.45) is 4.23. The second-order valence-electron chi connectivity index (χ2n) is 9.45. The first-order chi connectivity index (χ1) is 16.6. The van der Waals surface area contributed by atoms with Crippen LogP contribution in [0.2, 0.25) is 0 Å². The van der Waals surface area contributed by atoms with E-state index in [2.05, 4.69) is 32.2 Å². The third kappa shape index (κ3) is 6.27. The van der Waals surface area contributed by atoms with Gasteiger partial charge >= 0.3 is 0 Å². The number of amides is 1. The second-order valence-corrected chi connectivity index (χ2v) is 9.45. The largest absolute Gasteiger partial charge is 0.493 e. The van der Waals surface area contributed by atoms with Gasteiger partial charge in [0.25, 0.3) is 0 Å². The van der Waals surface area contributed by atoms with Gasteiger partial charge in [0.2, 0.25) is 17.6 Å². The first kappa shape index (κ1) is 24.5. The van der Waals surface area contributed by atoms with Crippen molar-refractivity contribution >= 4 is 5.91 Å². The van der Waals surface area contributed by atoms with Gasteiger partial charge < -0.3 is 24.2 Å². The lowest BCUT2D eigenvalue weighted by molar-refractivity contribution is -0.126. The summed E-state index contributed by atoms with van der Waals surface area (Å²) in [5, 5.41) is 7.28. The van der Waals surface area contributed by atoms with Gasteiger partial charge in [0.1, 0.15) is 0 Å². The molecule has 0 unspecified atom stereocenters. The predicted molar refractivity (Wildman–Crippen MR) is 129 cm³/mol. The van der Waals surface area contributed by atoms with Crippen LogP contribution in [0.5, 0.6) is 11.5 Å². The summed E-state index contributed by atoms with van der Waals surface area (Å²) in [6.45, 7) is 8.60. The van der Waals surface area contributed by atoms with Crippen LogP contribution in [-0.2, 0) is 11.3 Å². The van der Waals surface area contributed by atoms with Gasteiger partial charge in [-0.2, -0.15) is 4.98 Å². The Balaban J connectivity index is 1.20. The molecular weight excluding hydrogens is 434 g/mol. The fraction of sp³-hybridized carbons (Fsp3) is 0.640. The molecular formula is C25H37N5O4. The third-order valence-electron chi connectivity index (χ3n) is 7.03. The van der Waals surface area contributed by atoms with Crippen molar-refractivity contribution in [2.75, 3.05) is 53.5 Å². The van der Waals surface area contributed by atoms with E-state index < -0.39 is 0 Å². The second kappa shape index (κ2) is 11.7. The van der Waals surface area contributed by atoms with Crippen LogP contribution in [0.4, 0.5) is 0 Å². The number of methoxy groups -OCH3 is 2. The van der Waals surface area contributed by atoms with E-state index in [0.717, 1.165) is 63.6 Å². The fourth-order valence-corrected chi connectivity index (χ4v) is 4.72. The molecule has 9 nitrogen and oxygen atoms in total. The highest BCUT2D eigenvalue weighted by molar-refractivity contribution is 5.78. The molecule has 1 N–H and O–H groups in total. The average molecular weight is 472 g/mol. The Labute approximate surface area is 201 Å². The molecule has 34 heavy (non-hydrogen) atoms. The predicted octanol–water partition coefficient (Wildman–Crippen LogP) is 2.81. The maximum absolute atomic E-state index is 12.6. The number of hydrogen-bond donors (Lipinski definition) is 1. The van der Waals surface area contributed by atoms with E-state index in [4.69, 9.17) is 14.0 Å². The maximum atomic E-state index is 12.6. The van der Waals surface area contributed by atoms with Gasteiger partial charge in [-0.25, -0.2) is 0 Å². The van der Waals surface area contributed by atoms with Gasteiger partial charge in [-0.15, -0.1) is 0 Å². The normalized spacial score (nSPS) is 18.7. The lowest BCUT2D eigenvalue weighted by Crippen LogP contribution is -2.43. The summed E-state index contributed by atoms with van der Waals surface area (Å²) >= 11 is 0. The van der Waals surface area contributed by atoms with Gasteiger partial charge in [-0.05, 0) is 76.0 Å². The monoisotopic (exact) mass is 471 g/mol. The summed E-state index contributed by atoms with van der Waals surface area (Å²) in [6, 6.07) is 5.54. The Bertz CT molecular complexity index is 933. The molecule has 4 rings (SSSR count). The minimum absolute atomic E-state index is 0.0858. The summed E-state index contributed by atoms with van der Waals surface area (Å²) in [7, 11) is 3.20. The Morgan fingerprint density at radius 2 is 1.76 bits per heavy atom. The molecule has 9 heteroatoms. The number of ether oxygens (including phenoxy) is 2. The van der Waals surface area contributed by atoms with Crippen molar-refractivity contribution in [2.24, 2.45) is 11.8 Å². The number of aromatic nitrogens is 2. The van der Waals surface area contributed by atoms with E-state index in [0.29, 0.717) is 29.8 Å².